The highest BCUT2D eigenvalue weighted by Crippen LogP contribution is 2.25. The van der Waals surface area contributed by atoms with E-state index in [0.717, 1.165) is 10.9 Å². The van der Waals surface area contributed by atoms with Gasteiger partial charge < -0.3 is 9.15 Å². The fourth-order valence-electron chi connectivity index (χ4n) is 1.80. The molecule has 0 saturated carbocycles. The van der Waals surface area contributed by atoms with Crippen LogP contribution >= 0.6 is 0 Å². The van der Waals surface area contributed by atoms with Crippen LogP contribution in [-0.4, -0.2) is 6.61 Å². The first-order chi connectivity index (χ1) is 8.77. The third-order valence-corrected chi connectivity index (χ3v) is 2.52. The van der Waals surface area contributed by atoms with E-state index in [2.05, 4.69) is 12.5 Å². The van der Waals surface area contributed by atoms with Crippen molar-refractivity contribution in [3.63, 3.8) is 0 Å². The quantitative estimate of drug-likeness (QED) is 0.468. The molecule has 0 aliphatic rings. The number of para-hydroxylation sites is 1. The van der Waals surface area contributed by atoms with Gasteiger partial charge in [0.1, 0.15) is 12.2 Å². The number of fused-ring (bicyclic) bond motifs is 1. The lowest BCUT2D eigenvalue weighted by Gasteiger charge is -2.09. The smallest absolute Gasteiger partial charge is 0.379 e. The maximum atomic E-state index is 11.8. The van der Waals surface area contributed by atoms with Gasteiger partial charge in [-0.25, -0.2) is 4.79 Å². The summed E-state index contributed by atoms with van der Waals surface area (Å²) in [4.78, 5) is 11.8. The van der Waals surface area contributed by atoms with Crippen molar-refractivity contribution in [1.82, 2.24) is 0 Å². The molecular formula is C15H12O3. The number of ether oxygens (including phenoxy) is 1. The highest BCUT2D eigenvalue weighted by atomic mass is 16.5. The summed E-state index contributed by atoms with van der Waals surface area (Å²) in [6.45, 7) is 3.72. The molecule has 0 unspecified atom stereocenters. The summed E-state index contributed by atoms with van der Waals surface area (Å²) in [5.74, 6) is 2.50. The van der Waals surface area contributed by atoms with E-state index in [1.807, 2.05) is 18.2 Å². The van der Waals surface area contributed by atoms with Crippen molar-refractivity contribution in [2.75, 3.05) is 6.61 Å². The third-order valence-electron chi connectivity index (χ3n) is 2.52. The fourth-order valence-corrected chi connectivity index (χ4v) is 1.80. The maximum Gasteiger partial charge on any atom is 0.379 e. The molecule has 1 heterocycles. The molecule has 0 radical (unpaired) electrons. The van der Waals surface area contributed by atoms with Crippen molar-refractivity contribution < 1.29 is 9.15 Å². The standard InChI is InChI=1S/C15H12O3/c1-3-7-12-11-8-5-6-9-13(11)18-15(16)14(12)17-10-4-2/h2-3,5-6,8-9H,1,7,10H2. The van der Waals surface area contributed by atoms with E-state index < -0.39 is 5.63 Å². The Morgan fingerprint density at radius 2 is 2.22 bits per heavy atom. The van der Waals surface area contributed by atoms with E-state index in [4.69, 9.17) is 15.6 Å². The highest BCUT2D eigenvalue weighted by molar-refractivity contribution is 5.82. The monoisotopic (exact) mass is 240 g/mol. The van der Waals surface area contributed by atoms with Crippen molar-refractivity contribution in [3.05, 3.63) is 52.9 Å². The number of benzene rings is 1. The van der Waals surface area contributed by atoms with Crippen LogP contribution in [0, 0.1) is 12.3 Å². The molecule has 2 aromatic rings. The topological polar surface area (TPSA) is 39.4 Å². The molecule has 2 rings (SSSR count). The lowest BCUT2D eigenvalue weighted by Crippen LogP contribution is -2.10. The number of hydrogen-bond acceptors (Lipinski definition) is 3. The molecule has 0 fully saturated rings. The minimum absolute atomic E-state index is 0.0350. The van der Waals surface area contributed by atoms with E-state index in [-0.39, 0.29) is 12.4 Å². The number of hydrogen-bond donors (Lipinski definition) is 0. The van der Waals surface area contributed by atoms with E-state index >= 15 is 0 Å². The van der Waals surface area contributed by atoms with Crippen LogP contribution in [0.4, 0.5) is 0 Å². The number of rotatable bonds is 4. The second-order valence-electron chi connectivity index (χ2n) is 3.68. The van der Waals surface area contributed by atoms with Crippen molar-refractivity contribution in [2.24, 2.45) is 0 Å². The molecule has 0 amide bonds. The van der Waals surface area contributed by atoms with Crippen molar-refractivity contribution in [1.29, 1.82) is 0 Å². The van der Waals surface area contributed by atoms with Gasteiger partial charge in [0.15, 0.2) is 0 Å². The van der Waals surface area contributed by atoms with E-state index in [1.165, 1.54) is 0 Å². The predicted molar refractivity (Wildman–Crippen MR) is 70.7 cm³/mol. The summed E-state index contributed by atoms with van der Waals surface area (Å²) in [6.07, 6.45) is 7.37. The fraction of sp³-hybridized carbons (Fsp3) is 0.133. The van der Waals surface area contributed by atoms with Gasteiger partial charge in [-0.1, -0.05) is 30.2 Å². The predicted octanol–water partition coefficient (Wildman–Crippen LogP) is 2.53. The van der Waals surface area contributed by atoms with E-state index in [0.29, 0.717) is 12.0 Å². The average Bonchev–Trinajstić information content (AvgIpc) is 2.38. The molecule has 0 bridgehead atoms. The van der Waals surface area contributed by atoms with E-state index in [9.17, 15) is 4.79 Å². The first-order valence-electron chi connectivity index (χ1n) is 5.49. The van der Waals surface area contributed by atoms with Crippen molar-refractivity contribution >= 4 is 11.0 Å². The largest absolute Gasteiger partial charge is 0.473 e. The van der Waals surface area contributed by atoms with Gasteiger partial charge in [0.05, 0.1) is 0 Å². The minimum Gasteiger partial charge on any atom is -0.473 e. The number of terminal acetylenes is 1. The summed E-state index contributed by atoms with van der Waals surface area (Å²) in [7, 11) is 0. The molecule has 0 aliphatic heterocycles. The first kappa shape index (κ1) is 12.0. The lowest BCUT2D eigenvalue weighted by molar-refractivity contribution is 0.345. The molecule has 3 heteroatoms. The van der Waals surface area contributed by atoms with Crippen LogP contribution in [-0.2, 0) is 6.42 Å². The van der Waals surface area contributed by atoms with Gasteiger partial charge in [0, 0.05) is 10.9 Å². The molecule has 0 saturated heterocycles. The Bertz CT molecular complexity index is 674. The van der Waals surface area contributed by atoms with Crippen LogP contribution in [0.2, 0.25) is 0 Å². The van der Waals surface area contributed by atoms with Crippen molar-refractivity contribution in [3.8, 4) is 18.1 Å². The Kier molecular flexibility index (Phi) is 3.49. The molecule has 0 spiro atoms. The zero-order valence-electron chi connectivity index (χ0n) is 9.81. The molecule has 1 aromatic carbocycles. The molecule has 0 aliphatic carbocycles. The zero-order valence-corrected chi connectivity index (χ0v) is 9.81. The molecule has 90 valence electrons. The molecule has 18 heavy (non-hydrogen) atoms. The Labute approximate surface area is 105 Å². The normalized spacial score (nSPS) is 9.94. The lowest BCUT2D eigenvalue weighted by atomic mass is 10.1. The van der Waals surface area contributed by atoms with Crippen LogP contribution in [0.3, 0.4) is 0 Å². The minimum atomic E-state index is -0.513. The first-order valence-corrected chi connectivity index (χ1v) is 5.49. The highest BCUT2D eigenvalue weighted by Gasteiger charge is 2.14. The van der Waals surface area contributed by atoms with Crippen LogP contribution in [0.25, 0.3) is 11.0 Å². The van der Waals surface area contributed by atoms with Gasteiger partial charge in [0.25, 0.3) is 0 Å². The third kappa shape index (κ3) is 2.14. The van der Waals surface area contributed by atoms with Crippen LogP contribution in [0.1, 0.15) is 5.56 Å². The Hall–Kier alpha value is -2.47. The van der Waals surface area contributed by atoms with Gasteiger partial charge in [-0.05, 0) is 12.5 Å². The zero-order chi connectivity index (χ0) is 13.0. The Balaban J connectivity index is 2.71. The van der Waals surface area contributed by atoms with Gasteiger partial charge in [-0.2, -0.15) is 0 Å². The van der Waals surface area contributed by atoms with Crippen molar-refractivity contribution in [2.45, 2.75) is 6.42 Å². The average molecular weight is 240 g/mol. The van der Waals surface area contributed by atoms with Crippen LogP contribution < -0.4 is 10.4 Å². The van der Waals surface area contributed by atoms with Gasteiger partial charge >= 0.3 is 5.63 Å². The molecule has 1 aromatic heterocycles. The second-order valence-corrected chi connectivity index (χ2v) is 3.68. The summed E-state index contributed by atoms with van der Waals surface area (Å²) in [5.41, 5.74) is 0.778. The Morgan fingerprint density at radius 1 is 1.44 bits per heavy atom. The number of allylic oxidation sites excluding steroid dienone is 1. The summed E-state index contributed by atoms with van der Waals surface area (Å²) in [6, 6.07) is 7.30. The molecule has 0 atom stereocenters. The van der Waals surface area contributed by atoms with Gasteiger partial charge in [0.2, 0.25) is 5.75 Å². The Morgan fingerprint density at radius 3 is 2.94 bits per heavy atom. The summed E-state index contributed by atoms with van der Waals surface area (Å²) in [5, 5.41) is 0.837. The second kappa shape index (κ2) is 5.24. The van der Waals surface area contributed by atoms with Gasteiger partial charge in [-0.3, -0.25) is 0 Å². The SMILES string of the molecule is C#CCOc1c(CC=C)c2ccccc2oc1=O. The van der Waals surface area contributed by atoms with Crippen LogP contribution in [0.5, 0.6) is 5.75 Å². The van der Waals surface area contributed by atoms with Crippen LogP contribution in [0.15, 0.2) is 46.1 Å². The molecule has 3 nitrogen and oxygen atoms in total. The van der Waals surface area contributed by atoms with Gasteiger partial charge in [-0.15, -0.1) is 13.0 Å². The summed E-state index contributed by atoms with van der Waals surface area (Å²) >= 11 is 0. The van der Waals surface area contributed by atoms with E-state index in [1.54, 1.807) is 12.1 Å². The maximum absolute atomic E-state index is 11.8. The molecule has 0 N–H and O–H groups in total. The summed E-state index contributed by atoms with van der Waals surface area (Å²) < 4.78 is 10.5. The molecular weight excluding hydrogens is 228 g/mol.